The van der Waals surface area contributed by atoms with Gasteiger partial charge in [-0.3, -0.25) is 0 Å². The molecule has 0 aliphatic heterocycles. The zero-order valence-electron chi connectivity index (χ0n) is 11.6. The number of nitrogens with one attached hydrogen (secondary N) is 1. The normalized spacial score (nSPS) is 26.1. The number of aliphatic hydroxyl groups is 1. The summed E-state index contributed by atoms with van der Waals surface area (Å²) in [5, 5.41) is 12.6. The van der Waals surface area contributed by atoms with Crippen LogP contribution in [0.5, 0.6) is 0 Å². The molecule has 1 aliphatic carbocycles. The first-order valence-corrected chi connectivity index (χ1v) is 7.32. The van der Waals surface area contributed by atoms with Gasteiger partial charge >= 0.3 is 0 Å². The van der Waals surface area contributed by atoms with E-state index in [0.29, 0.717) is 6.04 Å². The molecule has 2 N–H and O–H groups in total. The van der Waals surface area contributed by atoms with Crippen LogP contribution in [0.1, 0.15) is 45.4 Å². The minimum Gasteiger partial charge on any atom is -0.395 e. The highest BCUT2D eigenvalue weighted by Gasteiger charge is 2.23. The van der Waals surface area contributed by atoms with Crippen LogP contribution in [0.4, 0.5) is 0 Å². The average Bonchev–Trinajstić information content (AvgIpc) is 2.55. The molecule has 1 saturated carbocycles. The minimum atomic E-state index is 0.289. The summed E-state index contributed by atoms with van der Waals surface area (Å²) in [4.78, 5) is 2.43. The van der Waals surface area contributed by atoms with Crippen molar-refractivity contribution < 1.29 is 5.11 Å². The van der Waals surface area contributed by atoms with E-state index in [2.05, 4.69) is 24.2 Å². The van der Waals surface area contributed by atoms with Gasteiger partial charge in [0.05, 0.1) is 6.61 Å². The summed E-state index contributed by atoms with van der Waals surface area (Å²) < 4.78 is 0. The summed E-state index contributed by atoms with van der Waals surface area (Å²) in [5.74, 6) is 0.764. The Morgan fingerprint density at radius 2 is 1.94 bits per heavy atom. The smallest absolute Gasteiger partial charge is 0.0558 e. The second-order valence-electron chi connectivity index (χ2n) is 5.32. The van der Waals surface area contributed by atoms with E-state index in [1.807, 2.05) is 0 Å². The lowest BCUT2D eigenvalue weighted by atomic mass is 9.94. The number of rotatable bonds is 7. The van der Waals surface area contributed by atoms with E-state index in [1.165, 1.54) is 38.5 Å². The van der Waals surface area contributed by atoms with Crippen LogP contribution in [0.2, 0.25) is 0 Å². The summed E-state index contributed by atoms with van der Waals surface area (Å²) in [7, 11) is 2.10. The standard InChI is InChI=1S/C14H30N2O/c1-3-9-16(10-11-17)12-13-7-5-4-6-8-14(13)15-2/h13-15,17H,3-12H2,1-2H3. The summed E-state index contributed by atoms with van der Waals surface area (Å²) in [6, 6.07) is 0.676. The molecular formula is C14H30N2O. The van der Waals surface area contributed by atoms with E-state index in [4.69, 9.17) is 5.11 Å². The van der Waals surface area contributed by atoms with Gasteiger partial charge in [-0.25, -0.2) is 0 Å². The molecule has 1 fully saturated rings. The molecule has 0 heterocycles. The van der Waals surface area contributed by atoms with Gasteiger partial charge in [0.15, 0.2) is 0 Å². The zero-order valence-corrected chi connectivity index (χ0v) is 11.6. The van der Waals surface area contributed by atoms with E-state index in [0.717, 1.165) is 25.6 Å². The lowest BCUT2D eigenvalue weighted by Gasteiger charge is -2.31. The molecule has 2 atom stereocenters. The zero-order chi connectivity index (χ0) is 12.5. The van der Waals surface area contributed by atoms with Crippen LogP contribution >= 0.6 is 0 Å². The molecule has 17 heavy (non-hydrogen) atoms. The Hall–Kier alpha value is -0.120. The second kappa shape index (κ2) is 8.90. The molecule has 0 bridgehead atoms. The van der Waals surface area contributed by atoms with Crippen molar-refractivity contribution in [2.75, 3.05) is 33.3 Å². The highest BCUT2D eigenvalue weighted by molar-refractivity contribution is 4.81. The molecule has 0 aromatic carbocycles. The predicted molar refractivity (Wildman–Crippen MR) is 73.2 cm³/mol. The van der Waals surface area contributed by atoms with E-state index < -0.39 is 0 Å². The summed E-state index contributed by atoms with van der Waals surface area (Å²) >= 11 is 0. The van der Waals surface area contributed by atoms with Crippen LogP contribution in [0, 0.1) is 5.92 Å². The van der Waals surface area contributed by atoms with E-state index in [1.54, 1.807) is 0 Å². The van der Waals surface area contributed by atoms with Crippen LogP contribution in [0.15, 0.2) is 0 Å². The Morgan fingerprint density at radius 1 is 1.18 bits per heavy atom. The third kappa shape index (κ3) is 5.36. The highest BCUT2D eigenvalue weighted by atomic mass is 16.3. The molecular weight excluding hydrogens is 212 g/mol. The van der Waals surface area contributed by atoms with Crippen molar-refractivity contribution >= 4 is 0 Å². The third-order valence-corrected chi connectivity index (χ3v) is 3.98. The summed E-state index contributed by atoms with van der Waals surface area (Å²) in [6.07, 6.45) is 7.98. The molecule has 1 aliphatic rings. The van der Waals surface area contributed by atoms with Gasteiger partial charge in [-0.15, -0.1) is 0 Å². The number of hydrogen-bond donors (Lipinski definition) is 2. The van der Waals surface area contributed by atoms with Gasteiger partial charge in [0.25, 0.3) is 0 Å². The molecule has 102 valence electrons. The Labute approximate surface area is 107 Å². The molecule has 0 spiro atoms. The van der Waals surface area contributed by atoms with Crippen LogP contribution in [-0.4, -0.2) is 49.3 Å². The van der Waals surface area contributed by atoms with E-state index in [-0.39, 0.29) is 6.61 Å². The van der Waals surface area contributed by atoms with Crippen molar-refractivity contribution in [2.45, 2.75) is 51.5 Å². The average molecular weight is 242 g/mol. The summed E-state index contributed by atoms with van der Waals surface area (Å²) in [5.41, 5.74) is 0. The van der Waals surface area contributed by atoms with Gasteiger partial charge in [0.2, 0.25) is 0 Å². The molecule has 0 amide bonds. The quantitative estimate of drug-likeness (QED) is 0.669. The fourth-order valence-corrected chi connectivity index (χ4v) is 3.07. The predicted octanol–water partition coefficient (Wildman–Crippen LogP) is 1.86. The Morgan fingerprint density at radius 3 is 2.59 bits per heavy atom. The Kier molecular flexibility index (Phi) is 7.82. The molecule has 3 nitrogen and oxygen atoms in total. The summed E-state index contributed by atoms with van der Waals surface area (Å²) in [6.45, 7) is 5.61. The Balaban J connectivity index is 2.47. The monoisotopic (exact) mass is 242 g/mol. The van der Waals surface area contributed by atoms with Gasteiger partial charge in [-0.05, 0) is 38.8 Å². The topological polar surface area (TPSA) is 35.5 Å². The maximum atomic E-state index is 9.11. The van der Waals surface area contributed by atoms with Gasteiger partial charge in [0, 0.05) is 19.1 Å². The largest absolute Gasteiger partial charge is 0.395 e. The van der Waals surface area contributed by atoms with Gasteiger partial charge < -0.3 is 15.3 Å². The first-order chi connectivity index (χ1) is 8.31. The molecule has 0 radical (unpaired) electrons. The van der Waals surface area contributed by atoms with Crippen LogP contribution in [0.3, 0.4) is 0 Å². The molecule has 2 unspecified atom stereocenters. The molecule has 3 heteroatoms. The Bertz CT molecular complexity index is 181. The number of hydrogen-bond acceptors (Lipinski definition) is 3. The van der Waals surface area contributed by atoms with Crippen molar-refractivity contribution in [2.24, 2.45) is 5.92 Å². The SMILES string of the molecule is CCCN(CCO)CC1CCCCCC1NC. The lowest BCUT2D eigenvalue weighted by molar-refractivity contribution is 0.158. The first kappa shape index (κ1) is 14.9. The second-order valence-corrected chi connectivity index (χ2v) is 5.32. The van der Waals surface area contributed by atoms with E-state index >= 15 is 0 Å². The van der Waals surface area contributed by atoms with Crippen molar-refractivity contribution in [1.29, 1.82) is 0 Å². The first-order valence-electron chi connectivity index (χ1n) is 7.32. The van der Waals surface area contributed by atoms with E-state index in [9.17, 15) is 0 Å². The number of aliphatic hydroxyl groups excluding tert-OH is 1. The van der Waals surface area contributed by atoms with Crippen LogP contribution < -0.4 is 5.32 Å². The van der Waals surface area contributed by atoms with Crippen molar-refractivity contribution in [3.05, 3.63) is 0 Å². The lowest BCUT2D eigenvalue weighted by Crippen LogP contribution is -2.41. The maximum absolute atomic E-state index is 9.11. The van der Waals surface area contributed by atoms with Gasteiger partial charge in [-0.1, -0.05) is 26.2 Å². The fraction of sp³-hybridized carbons (Fsp3) is 1.00. The van der Waals surface area contributed by atoms with Crippen molar-refractivity contribution in [3.63, 3.8) is 0 Å². The molecule has 1 rings (SSSR count). The highest BCUT2D eigenvalue weighted by Crippen LogP contribution is 2.24. The maximum Gasteiger partial charge on any atom is 0.0558 e. The van der Waals surface area contributed by atoms with Gasteiger partial charge in [0.1, 0.15) is 0 Å². The van der Waals surface area contributed by atoms with Crippen LogP contribution in [0.25, 0.3) is 0 Å². The molecule has 0 aromatic rings. The van der Waals surface area contributed by atoms with Crippen molar-refractivity contribution in [3.8, 4) is 0 Å². The van der Waals surface area contributed by atoms with Gasteiger partial charge in [-0.2, -0.15) is 0 Å². The fourth-order valence-electron chi connectivity index (χ4n) is 3.07. The molecule has 0 saturated heterocycles. The number of nitrogens with zero attached hydrogens (tertiary/aromatic N) is 1. The third-order valence-electron chi connectivity index (χ3n) is 3.98. The van der Waals surface area contributed by atoms with Crippen molar-refractivity contribution in [1.82, 2.24) is 10.2 Å². The minimum absolute atomic E-state index is 0.289. The van der Waals surface area contributed by atoms with Crippen LogP contribution in [-0.2, 0) is 0 Å². The molecule has 0 aromatic heterocycles.